The molecule has 0 fully saturated rings. The molecule has 1 atom stereocenters. The van der Waals surface area contributed by atoms with Gasteiger partial charge in [-0.25, -0.2) is 4.79 Å². The first-order valence-corrected chi connectivity index (χ1v) is 5.65. The van der Waals surface area contributed by atoms with E-state index >= 15 is 0 Å². The molecule has 1 unspecified atom stereocenters. The molecule has 0 saturated heterocycles. The van der Waals surface area contributed by atoms with Gasteiger partial charge in [-0.05, 0) is 25.5 Å². The first-order valence-electron chi connectivity index (χ1n) is 5.25. The number of aromatic nitrogens is 1. The van der Waals surface area contributed by atoms with Crippen LogP contribution in [0.15, 0.2) is 18.3 Å². The molecule has 0 aliphatic heterocycles. The Morgan fingerprint density at radius 1 is 1.62 bits per heavy atom. The average molecular weight is 240 g/mol. The zero-order chi connectivity index (χ0) is 12.1. The largest absolute Gasteiger partial charge is 0.464 e. The van der Waals surface area contributed by atoms with Gasteiger partial charge in [-0.2, -0.15) is 0 Å². The summed E-state index contributed by atoms with van der Waals surface area (Å²) in [5.41, 5.74) is 6.27. The molecule has 2 N–H and O–H groups in total. The van der Waals surface area contributed by atoms with Gasteiger partial charge in [-0.15, -0.1) is 0 Å². The molecule has 5 heteroatoms. The van der Waals surface area contributed by atoms with Crippen LogP contribution in [-0.4, -0.2) is 22.1 Å². The van der Waals surface area contributed by atoms with Gasteiger partial charge >= 0.3 is 5.97 Å². The van der Waals surface area contributed by atoms with Crippen molar-refractivity contribution < 1.29 is 9.53 Å². The van der Waals surface area contributed by atoms with E-state index in [-0.39, 0.29) is 17.0 Å². The van der Waals surface area contributed by atoms with Gasteiger partial charge in [0.1, 0.15) is 11.0 Å². The molecule has 88 valence electrons. The van der Waals surface area contributed by atoms with Crippen molar-refractivity contribution in [1.29, 1.82) is 0 Å². The molecule has 0 radical (unpaired) electrons. The van der Waals surface area contributed by atoms with Crippen molar-refractivity contribution in [2.75, 3.05) is 6.61 Å². The number of hydrogen-bond donors (Lipinski definition) is 1. The minimum absolute atomic E-state index is 0.251. The lowest BCUT2D eigenvalue weighted by Gasteiger charge is -2.18. The van der Waals surface area contributed by atoms with E-state index in [1.807, 2.05) is 13.0 Å². The van der Waals surface area contributed by atoms with Crippen molar-refractivity contribution in [2.24, 2.45) is 5.73 Å². The molecule has 1 heterocycles. The summed E-state index contributed by atoms with van der Waals surface area (Å²) in [7, 11) is 0. The highest BCUT2D eigenvalue weighted by molar-refractivity contribution is 7.80. The Labute approximate surface area is 100 Å². The molecule has 1 aromatic rings. The fourth-order valence-electron chi connectivity index (χ4n) is 1.59. The topological polar surface area (TPSA) is 57.2 Å². The first kappa shape index (κ1) is 12.7. The number of carbonyl (C=O) groups is 1. The van der Waals surface area contributed by atoms with Crippen LogP contribution in [0.5, 0.6) is 0 Å². The average Bonchev–Trinajstić information content (AvgIpc) is 2.68. The predicted octanol–water partition coefficient (Wildman–Crippen LogP) is 1.64. The van der Waals surface area contributed by atoms with Crippen LogP contribution in [-0.2, 0) is 9.53 Å². The fraction of sp³-hybridized carbons (Fsp3) is 0.455. The molecule has 0 spiro atoms. The van der Waals surface area contributed by atoms with Crippen LogP contribution in [0.2, 0.25) is 0 Å². The Balaban J connectivity index is 2.99. The molecule has 0 aliphatic rings. The molecule has 1 rings (SSSR count). The van der Waals surface area contributed by atoms with Crippen molar-refractivity contribution in [3.63, 3.8) is 0 Å². The van der Waals surface area contributed by atoms with E-state index < -0.39 is 0 Å². The Kier molecular flexibility index (Phi) is 4.49. The number of ether oxygens (including phenoxy) is 1. The summed E-state index contributed by atoms with van der Waals surface area (Å²) in [6.07, 6.45) is 2.43. The summed E-state index contributed by atoms with van der Waals surface area (Å²) in [4.78, 5) is 12.0. The summed E-state index contributed by atoms with van der Waals surface area (Å²) < 4.78 is 6.77. The molecular weight excluding hydrogens is 224 g/mol. The van der Waals surface area contributed by atoms with E-state index in [4.69, 9.17) is 22.7 Å². The standard InChI is InChI=1S/C11H16N2O2S/c1-3-8(11(14)15-4-2)13-7-5-6-9(13)10(12)16/h5-8H,3-4H2,1-2H3,(H2,12,16). The van der Waals surface area contributed by atoms with Gasteiger partial charge in [-0.3, -0.25) is 0 Å². The van der Waals surface area contributed by atoms with Gasteiger partial charge in [0.05, 0.1) is 12.3 Å². The smallest absolute Gasteiger partial charge is 0.329 e. The lowest BCUT2D eigenvalue weighted by molar-refractivity contribution is -0.147. The number of rotatable bonds is 5. The Hall–Kier alpha value is -1.36. The van der Waals surface area contributed by atoms with Gasteiger partial charge in [0.15, 0.2) is 0 Å². The van der Waals surface area contributed by atoms with Crippen LogP contribution in [0.25, 0.3) is 0 Å². The van der Waals surface area contributed by atoms with E-state index in [0.29, 0.717) is 18.7 Å². The zero-order valence-electron chi connectivity index (χ0n) is 9.47. The highest BCUT2D eigenvalue weighted by Crippen LogP contribution is 2.17. The number of carbonyl (C=O) groups excluding carboxylic acids is 1. The second-order valence-corrected chi connectivity index (χ2v) is 3.78. The van der Waals surface area contributed by atoms with Gasteiger partial charge in [0.25, 0.3) is 0 Å². The maximum atomic E-state index is 11.7. The molecule has 0 saturated carbocycles. The van der Waals surface area contributed by atoms with Crippen LogP contribution in [0.4, 0.5) is 0 Å². The minimum atomic E-state index is -0.355. The second-order valence-electron chi connectivity index (χ2n) is 3.34. The van der Waals surface area contributed by atoms with Crippen molar-refractivity contribution in [3.05, 3.63) is 24.0 Å². The Morgan fingerprint density at radius 2 is 2.31 bits per heavy atom. The molecule has 0 bridgehead atoms. The third kappa shape index (κ3) is 2.61. The highest BCUT2D eigenvalue weighted by atomic mass is 32.1. The van der Waals surface area contributed by atoms with Gasteiger partial charge in [0, 0.05) is 6.20 Å². The van der Waals surface area contributed by atoms with E-state index in [1.54, 1.807) is 23.8 Å². The minimum Gasteiger partial charge on any atom is -0.464 e. The van der Waals surface area contributed by atoms with Crippen molar-refractivity contribution in [3.8, 4) is 0 Å². The summed E-state index contributed by atoms with van der Waals surface area (Å²) >= 11 is 4.93. The summed E-state index contributed by atoms with van der Waals surface area (Å²) in [5.74, 6) is -0.251. The summed E-state index contributed by atoms with van der Waals surface area (Å²) in [5, 5.41) is 0. The Morgan fingerprint density at radius 3 is 2.81 bits per heavy atom. The van der Waals surface area contributed by atoms with Crippen LogP contribution < -0.4 is 5.73 Å². The third-order valence-corrected chi connectivity index (χ3v) is 2.52. The maximum absolute atomic E-state index is 11.7. The number of thiocarbonyl (C=S) groups is 1. The highest BCUT2D eigenvalue weighted by Gasteiger charge is 2.21. The van der Waals surface area contributed by atoms with E-state index in [2.05, 4.69) is 0 Å². The normalized spacial score (nSPS) is 12.1. The van der Waals surface area contributed by atoms with Crippen molar-refractivity contribution in [2.45, 2.75) is 26.3 Å². The van der Waals surface area contributed by atoms with Gasteiger partial charge in [-0.1, -0.05) is 19.1 Å². The quantitative estimate of drug-likeness (QED) is 0.628. The third-order valence-electron chi connectivity index (χ3n) is 2.31. The van der Waals surface area contributed by atoms with Crippen molar-refractivity contribution >= 4 is 23.2 Å². The lowest BCUT2D eigenvalue weighted by atomic mass is 10.2. The summed E-state index contributed by atoms with van der Waals surface area (Å²) in [6, 6.07) is 3.26. The van der Waals surface area contributed by atoms with Crippen LogP contribution in [0.3, 0.4) is 0 Å². The maximum Gasteiger partial charge on any atom is 0.329 e. The Bertz CT molecular complexity index is 387. The van der Waals surface area contributed by atoms with Crippen LogP contribution in [0.1, 0.15) is 32.0 Å². The molecule has 0 amide bonds. The SMILES string of the molecule is CCOC(=O)C(CC)n1cccc1C(N)=S. The number of nitrogens with two attached hydrogens (primary N) is 1. The molecule has 0 aromatic carbocycles. The lowest BCUT2D eigenvalue weighted by Crippen LogP contribution is -2.25. The fourth-order valence-corrected chi connectivity index (χ4v) is 1.76. The molecule has 4 nitrogen and oxygen atoms in total. The molecule has 0 aliphatic carbocycles. The van der Waals surface area contributed by atoms with Crippen molar-refractivity contribution in [1.82, 2.24) is 4.57 Å². The molecular formula is C11H16N2O2S. The van der Waals surface area contributed by atoms with E-state index in [1.165, 1.54) is 0 Å². The van der Waals surface area contributed by atoms with Crippen LogP contribution in [0, 0.1) is 0 Å². The zero-order valence-corrected chi connectivity index (χ0v) is 10.3. The molecule has 1 aromatic heterocycles. The first-order chi connectivity index (χ1) is 7.61. The van der Waals surface area contributed by atoms with Gasteiger partial charge < -0.3 is 15.0 Å². The molecule has 16 heavy (non-hydrogen) atoms. The number of esters is 1. The van der Waals surface area contributed by atoms with E-state index in [9.17, 15) is 4.79 Å². The predicted molar refractivity (Wildman–Crippen MR) is 66.3 cm³/mol. The van der Waals surface area contributed by atoms with E-state index in [0.717, 1.165) is 0 Å². The number of hydrogen-bond acceptors (Lipinski definition) is 3. The number of nitrogens with zero attached hydrogens (tertiary/aromatic N) is 1. The van der Waals surface area contributed by atoms with Gasteiger partial charge in [0.2, 0.25) is 0 Å². The van der Waals surface area contributed by atoms with Crippen LogP contribution >= 0.6 is 12.2 Å². The second kappa shape index (κ2) is 5.65. The monoisotopic (exact) mass is 240 g/mol. The summed E-state index contributed by atoms with van der Waals surface area (Å²) in [6.45, 7) is 4.08.